The van der Waals surface area contributed by atoms with E-state index in [4.69, 9.17) is 4.42 Å². The van der Waals surface area contributed by atoms with Crippen molar-refractivity contribution < 1.29 is 4.42 Å². The van der Waals surface area contributed by atoms with E-state index in [-0.39, 0.29) is 0 Å². The van der Waals surface area contributed by atoms with Gasteiger partial charge < -0.3 is 9.32 Å². The Hall–Kier alpha value is -6.42. The minimum atomic E-state index is -0.450. The Morgan fingerprint density at radius 1 is 0.423 bits per heavy atom. The molecule has 1 aliphatic rings. The van der Waals surface area contributed by atoms with Crippen LogP contribution in [0.4, 0.5) is 17.1 Å². The van der Waals surface area contributed by atoms with Gasteiger partial charge in [-0.1, -0.05) is 140 Å². The molecular formula is C49H31NOS. The minimum Gasteiger partial charge on any atom is -0.456 e. The second-order valence-corrected chi connectivity index (χ2v) is 14.7. The molecule has 52 heavy (non-hydrogen) atoms. The number of hydrogen-bond acceptors (Lipinski definition) is 3. The number of rotatable bonds is 5. The monoisotopic (exact) mass is 681 g/mol. The molecule has 3 heteroatoms. The molecule has 2 heterocycles. The average molecular weight is 682 g/mol. The smallest absolute Gasteiger partial charge is 0.137 e. The lowest BCUT2D eigenvalue weighted by Gasteiger charge is -2.34. The molecule has 1 aliphatic carbocycles. The summed E-state index contributed by atoms with van der Waals surface area (Å²) in [4.78, 5) is 2.43. The number of thiophene rings is 1. The van der Waals surface area contributed by atoms with Gasteiger partial charge >= 0.3 is 0 Å². The first kappa shape index (κ1) is 29.3. The highest BCUT2D eigenvalue weighted by Crippen LogP contribution is 2.57. The summed E-state index contributed by atoms with van der Waals surface area (Å²) in [6.45, 7) is 0. The molecule has 0 saturated heterocycles. The van der Waals surface area contributed by atoms with Gasteiger partial charge in [0.05, 0.1) is 16.5 Å². The molecule has 2 aromatic heterocycles. The number of benzene rings is 8. The molecule has 0 unspecified atom stereocenters. The van der Waals surface area contributed by atoms with Gasteiger partial charge in [-0.2, -0.15) is 0 Å². The Bertz CT molecular complexity index is 2930. The van der Waals surface area contributed by atoms with Crippen molar-refractivity contribution in [3.63, 3.8) is 0 Å². The second kappa shape index (κ2) is 11.3. The molecule has 244 valence electrons. The highest BCUT2D eigenvalue weighted by molar-refractivity contribution is 7.25. The summed E-state index contributed by atoms with van der Waals surface area (Å²) >= 11 is 1.85. The summed E-state index contributed by atoms with van der Waals surface area (Å²) in [6, 6.07) is 68.5. The quantitative estimate of drug-likeness (QED) is 0.180. The van der Waals surface area contributed by atoms with Crippen LogP contribution in [0.2, 0.25) is 0 Å². The van der Waals surface area contributed by atoms with Gasteiger partial charge in [-0.3, -0.25) is 0 Å². The standard InChI is InChI=1S/C49H31NOS/c1-3-14-32(15-4-1)49(33-16-5-2-6-17-33)41-21-10-7-18-36(41)40-30-34(27-29-42(40)49)50(35-26-28-38-37-19-9-12-25-46(37)52-47(38)31-35)43-22-13-24-45-48(43)39-20-8-11-23-44(39)51-45/h1-31H. The van der Waals surface area contributed by atoms with Crippen molar-refractivity contribution in [3.8, 4) is 11.1 Å². The van der Waals surface area contributed by atoms with E-state index in [1.54, 1.807) is 0 Å². The molecule has 0 fully saturated rings. The number of nitrogens with zero attached hydrogens (tertiary/aromatic N) is 1. The Morgan fingerprint density at radius 3 is 1.87 bits per heavy atom. The Morgan fingerprint density at radius 2 is 1.04 bits per heavy atom. The van der Waals surface area contributed by atoms with Gasteiger partial charge in [-0.25, -0.2) is 0 Å². The third-order valence-electron chi connectivity index (χ3n) is 10.9. The summed E-state index contributed by atoms with van der Waals surface area (Å²) in [6.07, 6.45) is 0. The van der Waals surface area contributed by atoms with Gasteiger partial charge in [-0.05, 0) is 81.9 Å². The van der Waals surface area contributed by atoms with Crippen LogP contribution in [-0.2, 0) is 5.41 Å². The second-order valence-electron chi connectivity index (χ2n) is 13.6. The van der Waals surface area contributed by atoms with E-state index >= 15 is 0 Å². The number of fused-ring (bicyclic) bond motifs is 9. The molecule has 0 aliphatic heterocycles. The molecule has 2 nitrogen and oxygen atoms in total. The predicted molar refractivity (Wildman–Crippen MR) is 219 cm³/mol. The van der Waals surface area contributed by atoms with E-state index in [1.165, 1.54) is 53.6 Å². The van der Waals surface area contributed by atoms with Gasteiger partial charge in [0.2, 0.25) is 0 Å². The molecule has 0 atom stereocenters. The van der Waals surface area contributed by atoms with Gasteiger partial charge in [-0.15, -0.1) is 11.3 Å². The molecule has 0 saturated carbocycles. The van der Waals surface area contributed by atoms with Crippen LogP contribution < -0.4 is 4.90 Å². The van der Waals surface area contributed by atoms with E-state index in [9.17, 15) is 0 Å². The molecule has 0 spiro atoms. The van der Waals surface area contributed by atoms with Crippen molar-refractivity contribution >= 4 is 70.5 Å². The van der Waals surface area contributed by atoms with E-state index < -0.39 is 5.41 Å². The zero-order valence-corrected chi connectivity index (χ0v) is 29.0. The van der Waals surface area contributed by atoms with Crippen molar-refractivity contribution in [1.82, 2.24) is 0 Å². The third-order valence-corrected chi connectivity index (χ3v) is 12.1. The fourth-order valence-electron chi connectivity index (χ4n) is 8.80. The fourth-order valence-corrected chi connectivity index (χ4v) is 9.94. The molecule has 0 N–H and O–H groups in total. The largest absolute Gasteiger partial charge is 0.456 e. The maximum absolute atomic E-state index is 6.45. The first-order valence-corrected chi connectivity index (χ1v) is 18.6. The predicted octanol–water partition coefficient (Wildman–Crippen LogP) is 13.8. The molecule has 10 aromatic rings. The van der Waals surface area contributed by atoms with E-state index in [2.05, 4.69) is 187 Å². The molecule has 11 rings (SSSR count). The van der Waals surface area contributed by atoms with Crippen LogP contribution in [0, 0.1) is 0 Å². The Kier molecular flexibility index (Phi) is 6.37. The van der Waals surface area contributed by atoms with Gasteiger partial charge in [0.25, 0.3) is 0 Å². The van der Waals surface area contributed by atoms with Crippen LogP contribution in [0.15, 0.2) is 192 Å². The zero-order valence-electron chi connectivity index (χ0n) is 28.2. The average Bonchev–Trinajstić information content (AvgIpc) is 3.87. The van der Waals surface area contributed by atoms with E-state index in [0.29, 0.717) is 0 Å². The SMILES string of the molecule is c1ccc(C2(c3ccccc3)c3ccccc3-c3cc(N(c4ccc5c(c4)sc4ccccc45)c4cccc5oc6ccccc6c45)ccc32)cc1. The maximum atomic E-state index is 6.45. The molecule has 0 radical (unpaired) electrons. The molecule has 0 bridgehead atoms. The summed E-state index contributed by atoms with van der Waals surface area (Å²) < 4.78 is 9.02. The molecule has 8 aromatic carbocycles. The van der Waals surface area contributed by atoms with Crippen LogP contribution in [-0.4, -0.2) is 0 Å². The zero-order chi connectivity index (χ0) is 34.2. The van der Waals surface area contributed by atoms with Crippen molar-refractivity contribution in [1.29, 1.82) is 0 Å². The van der Waals surface area contributed by atoms with Crippen molar-refractivity contribution in [3.05, 3.63) is 210 Å². The van der Waals surface area contributed by atoms with Crippen LogP contribution in [0.5, 0.6) is 0 Å². The molecule has 0 amide bonds. The van der Waals surface area contributed by atoms with Crippen molar-refractivity contribution in [2.75, 3.05) is 4.90 Å². The maximum Gasteiger partial charge on any atom is 0.137 e. The number of anilines is 3. The summed E-state index contributed by atoms with van der Waals surface area (Å²) in [7, 11) is 0. The topological polar surface area (TPSA) is 16.4 Å². The first-order chi connectivity index (χ1) is 25.8. The van der Waals surface area contributed by atoms with Crippen molar-refractivity contribution in [2.45, 2.75) is 5.41 Å². The summed E-state index contributed by atoms with van der Waals surface area (Å²) in [5.41, 5.74) is 12.3. The molecular weight excluding hydrogens is 651 g/mol. The van der Waals surface area contributed by atoms with Crippen LogP contribution in [0.3, 0.4) is 0 Å². The van der Waals surface area contributed by atoms with Gasteiger partial charge in [0.1, 0.15) is 11.2 Å². The summed E-state index contributed by atoms with van der Waals surface area (Å²) in [5.74, 6) is 0. The Labute approximate surface area is 305 Å². The normalized spacial score (nSPS) is 13.2. The lowest BCUT2D eigenvalue weighted by molar-refractivity contribution is 0.669. The van der Waals surface area contributed by atoms with Gasteiger partial charge in [0.15, 0.2) is 0 Å². The number of hydrogen-bond donors (Lipinski definition) is 0. The van der Waals surface area contributed by atoms with Gasteiger partial charge in [0, 0.05) is 36.9 Å². The van der Waals surface area contributed by atoms with Crippen LogP contribution >= 0.6 is 11.3 Å². The lowest BCUT2D eigenvalue weighted by Crippen LogP contribution is -2.28. The summed E-state index contributed by atoms with van der Waals surface area (Å²) in [5, 5.41) is 4.81. The first-order valence-electron chi connectivity index (χ1n) is 17.8. The highest BCUT2D eigenvalue weighted by atomic mass is 32.1. The lowest BCUT2D eigenvalue weighted by atomic mass is 9.68. The van der Waals surface area contributed by atoms with Crippen LogP contribution in [0.1, 0.15) is 22.3 Å². The Balaban J connectivity index is 1.21. The van der Waals surface area contributed by atoms with E-state index in [1.807, 2.05) is 17.4 Å². The van der Waals surface area contributed by atoms with Crippen LogP contribution in [0.25, 0.3) is 53.2 Å². The van der Waals surface area contributed by atoms with Crippen molar-refractivity contribution in [2.24, 2.45) is 0 Å². The number of furan rings is 1. The third kappa shape index (κ3) is 4.11. The minimum absolute atomic E-state index is 0.450. The number of para-hydroxylation sites is 1. The van der Waals surface area contributed by atoms with E-state index in [0.717, 1.165) is 39.0 Å². The highest BCUT2D eigenvalue weighted by Gasteiger charge is 2.46. The fraction of sp³-hybridized carbons (Fsp3) is 0.0204.